The van der Waals surface area contributed by atoms with Gasteiger partial charge in [0.15, 0.2) is 0 Å². The number of hydrogen-bond donors (Lipinski definition) is 0. The van der Waals surface area contributed by atoms with Crippen molar-refractivity contribution in [2.24, 2.45) is 0 Å². The Morgan fingerprint density at radius 3 is 2.74 bits per heavy atom. The van der Waals surface area contributed by atoms with Crippen molar-refractivity contribution in [3.63, 3.8) is 0 Å². The van der Waals surface area contributed by atoms with Crippen LogP contribution < -0.4 is 0 Å². The van der Waals surface area contributed by atoms with E-state index in [0.29, 0.717) is 18.2 Å². The van der Waals surface area contributed by atoms with Crippen LogP contribution in [0.1, 0.15) is 36.0 Å². The highest BCUT2D eigenvalue weighted by Gasteiger charge is 2.29. The van der Waals surface area contributed by atoms with E-state index in [9.17, 15) is 9.18 Å². The zero-order valence-corrected chi connectivity index (χ0v) is 12.9. The van der Waals surface area contributed by atoms with E-state index in [1.807, 2.05) is 4.90 Å². The minimum absolute atomic E-state index is 0.0483. The van der Waals surface area contributed by atoms with E-state index in [2.05, 4.69) is 15.9 Å². The molecule has 104 valence electrons. The number of amides is 1. The van der Waals surface area contributed by atoms with Crippen LogP contribution in [0.2, 0.25) is 5.02 Å². The van der Waals surface area contributed by atoms with Gasteiger partial charge in [-0.05, 0) is 43.9 Å². The van der Waals surface area contributed by atoms with Gasteiger partial charge in [0.05, 0.1) is 5.02 Å². The normalized spacial score (nSPS) is 15.1. The van der Waals surface area contributed by atoms with Crippen molar-refractivity contribution in [3.8, 4) is 0 Å². The van der Waals surface area contributed by atoms with Crippen molar-refractivity contribution >= 4 is 33.4 Å². The molecule has 19 heavy (non-hydrogen) atoms. The molecule has 0 bridgehead atoms. The second kappa shape index (κ2) is 6.71. The van der Waals surface area contributed by atoms with Crippen molar-refractivity contribution in [1.82, 2.24) is 4.90 Å². The van der Waals surface area contributed by atoms with Gasteiger partial charge in [0, 0.05) is 23.5 Å². The summed E-state index contributed by atoms with van der Waals surface area (Å²) in [6, 6.07) is 4.57. The van der Waals surface area contributed by atoms with Crippen LogP contribution in [0.4, 0.5) is 4.39 Å². The first-order valence-corrected chi connectivity index (χ1v) is 7.95. The highest BCUT2D eigenvalue weighted by atomic mass is 79.9. The van der Waals surface area contributed by atoms with Crippen LogP contribution in [0.25, 0.3) is 0 Å². The summed E-state index contributed by atoms with van der Waals surface area (Å²) in [6.07, 6.45) is 4.16. The van der Waals surface area contributed by atoms with E-state index in [1.54, 1.807) is 6.07 Å². The Hall–Kier alpha value is -0.610. The lowest BCUT2D eigenvalue weighted by Gasteiger charge is -2.37. The van der Waals surface area contributed by atoms with Gasteiger partial charge in [0.2, 0.25) is 0 Å². The summed E-state index contributed by atoms with van der Waals surface area (Å²) in [6.45, 7) is 0.707. The third-order valence-electron chi connectivity index (χ3n) is 3.48. The lowest BCUT2D eigenvalue weighted by atomic mass is 9.91. The topological polar surface area (TPSA) is 20.3 Å². The van der Waals surface area contributed by atoms with Crippen LogP contribution >= 0.6 is 27.5 Å². The van der Waals surface area contributed by atoms with Crippen molar-refractivity contribution in [2.75, 3.05) is 11.9 Å². The first-order valence-electron chi connectivity index (χ1n) is 6.45. The molecular weight excluding hydrogens is 333 g/mol. The molecule has 1 fully saturated rings. The molecule has 0 unspecified atom stereocenters. The number of nitrogens with zero attached hydrogens (tertiary/aromatic N) is 1. The summed E-state index contributed by atoms with van der Waals surface area (Å²) in [5.74, 6) is -0.636. The maximum atomic E-state index is 13.4. The highest BCUT2D eigenvalue weighted by Crippen LogP contribution is 2.27. The van der Waals surface area contributed by atoms with Gasteiger partial charge in [-0.1, -0.05) is 27.5 Å². The van der Waals surface area contributed by atoms with Crippen LogP contribution in [-0.2, 0) is 0 Å². The second-order valence-corrected chi connectivity index (χ2v) is 5.95. The molecule has 1 aliphatic rings. The maximum absolute atomic E-state index is 13.4. The molecule has 5 heteroatoms. The number of hydrogen-bond acceptors (Lipinski definition) is 1. The van der Waals surface area contributed by atoms with Gasteiger partial charge in [-0.3, -0.25) is 4.79 Å². The Labute approximate surface area is 126 Å². The predicted octanol–water partition coefficient (Wildman–Crippen LogP) is 4.26. The quantitative estimate of drug-likeness (QED) is 0.728. The minimum atomic E-state index is -0.540. The Bertz CT molecular complexity index is 465. The minimum Gasteiger partial charge on any atom is -0.336 e. The third-order valence-corrected chi connectivity index (χ3v) is 4.34. The summed E-state index contributed by atoms with van der Waals surface area (Å²) >= 11 is 9.02. The molecular formula is C14H16BrClFNO. The summed E-state index contributed by atoms with van der Waals surface area (Å²) in [5, 5.41) is 0.908. The van der Waals surface area contributed by atoms with Gasteiger partial charge in [0.25, 0.3) is 5.91 Å². The average molecular weight is 349 g/mol. The van der Waals surface area contributed by atoms with Gasteiger partial charge >= 0.3 is 0 Å². The molecule has 1 saturated carbocycles. The predicted molar refractivity (Wildman–Crippen MR) is 78.5 cm³/mol. The van der Waals surface area contributed by atoms with E-state index in [0.717, 1.165) is 31.0 Å². The zero-order chi connectivity index (χ0) is 13.8. The molecule has 1 aromatic carbocycles. The molecule has 0 radical (unpaired) electrons. The Balaban J connectivity index is 2.15. The number of halogens is 3. The lowest BCUT2D eigenvalue weighted by Crippen LogP contribution is -2.44. The van der Waals surface area contributed by atoms with Crippen LogP contribution in [-0.4, -0.2) is 28.7 Å². The van der Waals surface area contributed by atoms with Crippen molar-refractivity contribution in [3.05, 3.63) is 34.6 Å². The Morgan fingerprint density at radius 1 is 1.47 bits per heavy atom. The summed E-state index contributed by atoms with van der Waals surface area (Å²) < 4.78 is 13.4. The van der Waals surface area contributed by atoms with Crippen LogP contribution in [0.15, 0.2) is 18.2 Å². The number of alkyl halides is 1. The summed E-state index contributed by atoms with van der Waals surface area (Å²) in [5.41, 5.74) is 0.378. The van der Waals surface area contributed by atoms with E-state index in [4.69, 9.17) is 11.6 Å². The Morgan fingerprint density at radius 2 is 2.21 bits per heavy atom. The van der Waals surface area contributed by atoms with Gasteiger partial charge in [-0.2, -0.15) is 0 Å². The summed E-state index contributed by atoms with van der Waals surface area (Å²) in [4.78, 5) is 14.3. The number of carbonyl (C=O) groups is 1. The van der Waals surface area contributed by atoms with E-state index in [-0.39, 0.29) is 10.9 Å². The molecule has 0 aromatic heterocycles. The van der Waals surface area contributed by atoms with Crippen molar-refractivity contribution in [1.29, 1.82) is 0 Å². The first kappa shape index (κ1) is 14.8. The fourth-order valence-corrected chi connectivity index (χ4v) is 2.54. The number of carbonyl (C=O) groups excluding carboxylic acids is 1. The SMILES string of the molecule is O=C(c1ccc(Cl)c(F)c1)N(CCCBr)C1CCC1. The Kier molecular flexibility index (Phi) is 5.22. The molecule has 0 aliphatic heterocycles. The fourth-order valence-electron chi connectivity index (χ4n) is 2.17. The molecule has 1 aliphatic carbocycles. The molecule has 0 atom stereocenters. The largest absolute Gasteiger partial charge is 0.336 e. The smallest absolute Gasteiger partial charge is 0.254 e. The molecule has 2 rings (SSSR count). The van der Waals surface area contributed by atoms with Crippen molar-refractivity contribution < 1.29 is 9.18 Å². The number of benzene rings is 1. The standard InChI is InChI=1S/C14H16BrClFNO/c15-7-2-8-18(11-3-1-4-11)14(19)10-5-6-12(16)13(17)9-10/h5-6,9,11H,1-4,7-8H2. The van der Waals surface area contributed by atoms with Crippen LogP contribution in [0.5, 0.6) is 0 Å². The average Bonchev–Trinajstić information content (AvgIpc) is 2.34. The molecule has 0 heterocycles. The first-order chi connectivity index (χ1) is 9.13. The van der Waals surface area contributed by atoms with Gasteiger partial charge in [-0.15, -0.1) is 0 Å². The van der Waals surface area contributed by atoms with E-state index >= 15 is 0 Å². The van der Waals surface area contributed by atoms with Crippen LogP contribution in [0.3, 0.4) is 0 Å². The third kappa shape index (κ3) is 3.48. The van der Waals surface area contributed by atoms with Gasteiger partial charge in [0.1, 0.15) is 5.82 Å². The molecule has 1 aromatic rings. The van der Waals surface area contributed by atoms with E-state index < -0.39 is 5.82 Å². The number of rotatable bonds is 5. The monoisotopic (exact) mass is 347 g/mol. The van der Waals surface area contributed by atoms with E-state index in [1.165, 1.54) is 12.1 Å². The van der Waals surface area contributed by atoms with Gasteiger partial charge in [-0.25, -0.2) is 4.39 Å². The fraction of sp³-hybridized carbons (Fsp3) is 0.500. The molecule has 0 spiro atoms. The molecule has 0 saturated heterocycles. The van der Waals surface area contributed by atoms with Gasteiger partial charge < -0.3 is 4.90 Å². The van der Waals surface area contributed by atoms with Crippen molar-refractivity contribution in [2.45, 2.75) is 31.7 Å². The second-order valence-electron chi connectivity index (χ2n) is 4.75. The highest BCUT2D eigenvalue weighted by molar-refractivity contribution is 9.09. The van der Waals surface area contributed by atoms with Crippen LogP contribution in [0, 0.1) is 5.82 Å². The maximum Gasteiger partial charge on any atom is 0.254 e. The molecule has 2 nitrogen and oxygen atoms in total. The zero-order valence-electron chi connectivity index (χ0n) is 10.5. The molecule has 1 amide bonds. The molecule has 0 N–H and O–H groups in total. The lowest BCUT2D eigenvalue weighted by molar-refractivity contribution is 0.0580. The summed E-state index contributed by atoms with van der Waals surface area (Å²) in [7, 11) is 0.